The molecule has 3 N–H and O–H groups in total. The van der Waals surface area contributed by atoms with E-state index >= 15 is 0 Å². The second-order valence-corrected chi connectivity index (χ2v) is 5.07. The molecular formula is C13H13BrN4O2. The van der Waals surface area contributed by atoms with Crippen LogP contribution in [0.15, 0.2) is 34.9 Å². The van der Waals surface area contributed by atoms with Gasteiger partial charge in [0.1, 0.15) is 0 Å². The van der Waals surface area contributed by atoms with Gasteiger partial charge in [0.15, 0.2) is 0 Å². The zero-order chi connectivity index (χ0) is 14.5. The highest BCUT2D eigenvalue weighted by Crippen LogP contribution is 2.10. The maximum atomic E-state index is 11.8. The number of nitrogens with zero attached hydrogens (tertiary/aromatic N) is 1. The van der Waals surface area contributed by atoms with E-state index in [2.05, 4.69) is 36.5 Å². The Morgan fingerprint density at radius 2 is 2.00 bits per heavy atom. The number of halogens is 1. The minimum atomic E-state index is -0.343. The fourth-order valence-electron chi connectivity index (χ4n) is 1.52. The van der Waals surface area contributed by atoms with Gasteiger partial charge < -0.3 is 10.3 Å². The number of H-pyrrole nitrogens is 1. The summed E-state index contributed by atoms with van der Waals surface area (Å²) in [6.45, 7) is 1.71. The molecular weight excluding hydrogens is 324 g/mol. The van der Waals surface area contributed by atoms with Crippen molar-refractivity contribution < 1.29 is 9.59 Å². The third kappa shape index (κ3) is 3.92. The van der Waals surface area contributed by atoms with E-state index in [1.165, 1.54) is 0 Å². The number of amides is 2. The highest BCUT2D eigenvalue weighted by molar-refractivity contribution is 9.10. The van der Waals surface area contributed by atoms with Gasteiger partial charge in [-0.05, 0) is 31.2 Å². The number of hydrogen-bond donors (Lipinski definition) is 3. The van der Waals surface area contributed by atoms with Gasteiger partial charge in [-0.1, -0.05) is 15.9 Å². The Labute approximate surface area is 124 Å². The van der Waals surface area contributed by atoms with Crippen molar-refractivity contribution in [1.82, 2.24) is 15.3 Å². The second-order valence-electron chi connectivity index (χ2n) is 4.15. The first kappa shape index (κ1) is 14.3. The Bertz CT molecular complexity index is 622. The van der Waals surface area contributed by atoms with Gasteiger partial charge in [0, 0.05) is 21.9 Å². The fraction of sp³-hybridized carbons (Fsp3) is 0.154. The molecule has 2 amide bonds. The highest BCUT2D eigenvalue weighted by Gasteiger charge is 2.09. The predicted octanol–water partition coefficient (Wildman–Crippen LogP) is 1.85. The molecule has 2 rings (SSSR count). The summed E-state index contributed by atoms with van der Waals surface area (Å²) in [6, 6.07) is 6.88. The topological polar surface area (TPSA) is 86.9 Å². The number of imidazole rings is 1. The quantitative estimate of drug-likeness (QED) is 0.796. The molecule has 104 valence electrons. The predicted molar refractivity (Wildman–Crippen MR) is 78.4 cm³/mol. The molecule has 1 heterocycles. The van der Waals surface area contributed by atoms with E-state index in [9.17, 15) is 9.59 Å². The van der Waals surface area contributed by atoms with E-state index < -0.39 is 0 Å². The molecule has 0 spiro atoms. The van der Waals surface area contributed by atoms with Crippen molar-refractivity contribution in [3.05, 3.63) is 46.2 Å². The number of hydrogen-bond acceptors (Lipinski definition) is 3. The molecule has 6 nitrogen and oxygen atoms in total. The Balaban J connectivity index is 1.84. The van der Waals surface area contributed by atoms with Crippen LogP contribution in [0.2, 0.25) is 0 Å². The lowest BCUT2D eigenvalue weighted by Crippen LogP contribution is -2.33. The molecule has 1 aromatic heterocycles. The smallest absolute Gasteiger partial charge is 0.251 e. The van der Waals surface area contributed by atoms with Crippen LogP contribution in [-0.2, 0) is 4.79 Å². The SMILES string of the molecule is Cc1cnc(NC(=O)CNC(=O)c2ccc(Br)cc2)[nH]1. The summed E-state index contributed by atoms with van der Waals surface area (Å²) in [7, 11) is 0. The highest BCUT2D eigenvalue weighted by atomic mass is 79.9. The number of rotatable bonds is 4. The molecule has 2 aromatic rings. The fourth-order valence-corrected chi connectivity index (χ4v) is 1.78. The number of nitrogens with one attached hydrogen (secondary N) is 3. The monoisotopic (exact) mass is 336 g/mol. The molecule has 1 aromatic carbocycles. The van der Waals surface area contributed by atoms with E-state index in [1.54, 1.807) is 30.5 Å². The number of carbonyl (C=O) groups is 2. The molecule has 20 heavy (non-hydrogen) atoms. The van der Waals surface area contributed by atoms with Crippen LogP contribution in [0.3, 0.4) is 0 Å². The minimum absolute atomic E-state index is 0.116. The van der Waals surface area contributed by atoms with Crippen LogP contribution in [-0.4, -0.2) is 28.3 Å². The average molecular weight is 337 g/mol. The molecule has 0 atom stereocenters. The van der Waals surface area contributed by atoms with Gasteiger partial charge in [-0.25, -0.2) is 4.98 Å². The van der Waals surface area contributed by atoms with Gasteiger partial charge in [-0.3, -0.25) is 14.9 Å². The second kappa shape index (κ2) is 6.33. The lowest BCUT2D eigenvalue weighted by Gasteiger charge is -2.05. The normalized spacial score (nSPS) is 10.1. The zero-order valence-electron chi connectivity index (χ0n) is 10.7. The van der Waals surface area contributed by atoms with Crippen LogP contribution < -0.4 is 10.6 Å². The zero-order valence-corrected chi connectivity index (χ0v) is 12.3. The third-order valence-electron chi connectivity index (χ3n) is 2.48. The van der Waals surface area contributed by atoms with Crippen molar-refractivity contribution in [1.29, 1.82) is 0 Å². The van der Waals surface area contributed by atoms with Crippen LogP contribution in [0, 0.1) is 6.92 Å². The summed E-state index contributed by atoms with van der Waals surface area (Å²) < 4.78 is 0.889. The van der Waals surface area contributed by atoms with Crippen molar-refractivity contribution in [2.45, 2.75) is 6.92 Å². The van der Waals surface area contributed by atoms with E-state index in [0.717, 1.165) is 10.2 Å². The lowest BCUT2D eigenvalue weighted by atomic mass is 10.2. The standard InChI is InChI=1S/C13H13BrN4O2/c1-8-6-16-13(17-8)18-11(19)7-15-12(20)9-2-4-10(14)5-3-9/h2-6H,7H2,1H3,(H,15,20)(H2,16,17,18,19). The first-order valence-electron chi connectivity index (χ1n) is 5.90. The summed E-state index contributed by atoms with van der Waals surface area (Å²) in [5.74, 6) is -0.279. The van der Waals surface area contributed by atoms with Gasteiger partial charge in [0.05, 0.1) is 6.54 Å². The largest absolute Gasteiger partial charge is 0.343 e. The first-order valence-corrected chi connectivity index (χ1v) is 6.69. The van der Waals surface area contributed by atoms with Crippen molar-refractivity contribution in [2.24, 2.45) is 0 Å². The molecule has 0 bridgehead atoms. The molecule has 0 unspecified atom stereocenters. The number of aromatic amines is 1. The summed E-state index contributed by atoms with van der Waals surface area (Å²) >= 11 is 3.29. The molecule has 7 heteroatoms. The van der Waals surface area contributed by atoms with E-state index in [4.69, 9.17) is 0 Å². The van der Waals surface area contributed by atoms with Gasteiger partial charge in [0.25, 0.3) is 5.91 Å². The van der Waals surface area contributed by atoms with Gasteiger partial charge in [0.2, 0.25) is 11.9 Å². The molecule has 0 aliphatic rings. The summed E-state index contributed by atoms with van der Waals surface area (Å²) in [4.78, 5) is 30.2. The minimum Gasteiger partial charge on any atom is -0.343 e. The lowest BCUT2D eigenvalue weighted by molar-refractivity contribution is -0.115. The van der Waals surface area contributed by atoms with Gasteiger partial charge in [-0.2, -0.15) is 0 Å². The maximum Gasteiger partial charge on any atom is 0.251 e. The molecule has 0 radical (unpaired) electrons. The molecule has 0 fully saturated rings. The number of anilines is 1. The molecule has 0 saturated heterocycles. The van der Waals surface area contributed by atoms with E-state index in [0.29, 0.717) is 11.5 Å². The number of aromatic nitrogens is 2. The first-order chi connectivity index (χ1) is 9.54. The molecule has 0 aliphatic heterocycles. The van der Waals surface area contributed by atoms with Crippen LogP contribution in [0.4, 0.5) is 5.95 Å². The number of aryl methyl sites for hydroxylation is 1. The summed E-state index contributed by atoms with van der Waals surface area (Å²) in [5, 5.41) is 5.09. The van der Waals surface area contributed by atoms with E-state index in [1.807, 2.05) is 6.92 Å². The summed E-state index contributed by atoms with van der Waals surface area (Å²) in [5.41, 5.74) is 1.34. The molecule has 0 aliphatic carbocycles. The van der Waals surface area contributed by atoms with Crippen LogP contribution in [0.5, 0.6) is 0 Å². The van der Waals surface area contributed by atoms with Crippen molar-refractivity contribution in [2.75, 3.05) is 11.9 Å². The maximum absolute atomic E-state index is 11.8. The Morgan fingerprint density at radius 3 is 2.60 bits per heavy atom. The average Bonchev–Trinajstić information content (AvgIpc) is 2.82. The van der Waals surface area contributed by atoms with Crippen LogP contribution in [0.1, 0.15) is 16.1 Å². The number of benzene rings is 1. The van der Waals surface area contributed by atoms with Crippen LogP contribution in [0.25, 0.3) is 0 Å². The Kier molecular flexibility index (Phi) is 4.52. The van der Waals surface area contributed by atoms with Gasteiger partial charge in [-0.15, -0.1) is 0 Å². The third-order valence-corrected chi connectivity index (χ3v) is 3.01. The molecule has 0 saturated carbocycles. The van der Waals surface area contributed by atoms with Crippen LogP contribution >= 0.6 is 15.9 Å². The number of carbonyl (C=O) groups excluding carboxylic acids is 2. The van der Waals surface area contributed by atoms with Crippen molar-refractivity contribution in [3.8, 4) is 0 Å². The Morgan fingerprint density at radius 1 is 1.30 bits per heavy atom. The Hall–Kier alpha value is -2.15. The van der Waals surface area contributed by atoms with Crippen molar-refractivity contribution >= 4 is 33.7 Å². The van der Waals surface area contributed by atoms with Crippen molar-refractivity contribution in [3.63, 3.8) is 0 Å². The van der Waals surface area contributed by atoms with E-state index in [-0.39, 0.29) is 18.4 Å². The van der Waals surface area contributed by atoms with Gasteiger partial charge >= 0.3 is 0 Å². The summed E-state index contributed by atoms with van der Waals surface area (Å²) in [6.07, 6.45) is 1.61.